The molecular weight excluding hydrogens is 284 g/mol. The van der Waals surface area contributed by atoms with Crippen LogP contribution in [0.3, 0.4) is 0 Å². The number of benzene rings is 2. The Morgan fingerprint density at radius 2 is 1.81 bits per heavy atom. The maximum Gasteiger partial charge on any atom is 0.243 e. The minimum atomic E-state index is -0.776. The third kappa shape index (κ3) is 2.61. The van der Waals surface area contributed by atoms with Gasteiger partial charge in [-0.3, -0.25) is 4.79 Å². The summed E-state index contributed by atoms with van der Waals surface area (Å²) in [5.74, 6) is -0.338. The van der Waals surface area contributed by atoms with Crippen LogP contribution in [-0.2, 0) is 17.6 Å². The molecule has 0 saturated heterocycles. The Morgan fingerprint density at radius 3 is 2.48 bits per heavy atom. The van der Waals surface area contributed by atoms with E-state index in [-0.39, 0.29) is 5.91 Å². The maximum absolute atomic E-state index is 12.1. The average Bonchev–Trinajstić information content (AvgIpc) is 2.80. The van der Waals surface area contributed by atoms with Crippen LogP contribution in [0.5, 0.6) is 0 Å². The highest BCUT2D eigenvalue weighted by Gasteiger charge is 2.42. The fourth-order valence-electron chi connectivity index (χ4n) is 2.88. The van der Waals surface area contributed by atoms with E-state index in [4.69, 9.17) is 17.3 Å². The second-order valence-corrected chi connectivity index (χ2v) is 6.14. The van der Waals surface area contributed by atoms with Crippen molar-refractivity contribution >= 4 is 23.2 Å². The van der Waals surface area contributed by atoms with Crippen molar-refractivity contribution in [1.82, 2.24) is 0 Å². The lowest BCUT2D eigenvalue weighted by Crippen LogP contribution is -2.51. The fraction of sp³-hybridized carbons (Fsp3) is 0.235. The summed E-state index contributed by atoms with van der Waals surface area (Å²) in [6.07, 6.45) is 1.15. The molecule has 1 atom stereocenters. The standard InChI is InChI=1S/C17H17ClN2O/c1-11-2-6-15(7-3-11)20-17(16(19)21)9-12-4-5-14(18)8-13(12)10-17/h2-8,20H,9-10H2,1H3,(H2,19,21). The molecule has 0 aliphatic heterocycles. The third-order valence-electron chi connectivity index (χ3n) is 4.06. The molecule has 0 fully saturated rings. The Kier molecular flexibility index (Phi) is 3.38. The molecule has 2 aromatic rings. The van der Waals surface area contributed by atoms with Gasteiger partial charge in [0.1, 0.15) is 5.54 Å². The summed E-state index contributed by atoms with van der Waals surface area (Å²) in [7, 11) is 0. The molecule has 0 saturated carbocycles. The van der Waals surface area contributed by atoms with Crippen LogP contribution in [0.4, 0.5) is 5.69 Å². The molecule has 3 nitrogen and oxygen atoms in total. The van der Waals surface area contributed by atoms with Crippen molar-refractivity contribution in [2.24, 2.45) is 5.73 Å². The number of carbonyl (C=O) groups excluding carboxylic acids is 1. The Balaban J connectivity index is 1.93. The number of nitrogens with two attached hydrogens (primary N) is 1. The van der Waals surface area contributed by atoms with E-state index in [1.54, 1.807) is 0 Å². The Morgan fingerprint density at radius 1 is 1.14 bits per heavy atom. The minimum absolute atomic E-state index is 0.338. The third-order valence-corrected chi connectivity index (χ3v) is 4.29. The number of aryl methyl sites for hydroxylation is 1. The van der Waals surface area contributed by atoms with Crippen LogP contribution in [0.15, 0.2) is 42.5 Å². The summed E-state index contributed by atoms with van der Waals surface area (Å²) in [5, 5.41) is 4.01. The van der Waals surface area contributed by atoms with E-state index in [0.717, 1.165) is 16.8 Å². The highest BCUT2D eigenvalue weighted by molar-refractivity contribution is 6.30. The first kappa shape index (κ1) is 14.0. The van der Waals surface area contributed by atoms with Crippen molar-refractivity contribution in [2.75, 3.05) is 5.32 Å². The van der Waals surface area contributed by atoms with Gasteiger partial charge in [0, 0.05) is 23.6 Å². The summed E-state index contributed by atoms with van der Waals surface area (Å²) in [5.41, 5.74) is 9.20. The molecule has 2 aromatic carbocycles. The molecule has 0 aromatic heterocycles. The molecule has 1 amide bonds. The van der Waals surface area contributed by atoms with Gasteiger partial charge >= 0.3 is 0 Å². The first-order valence-electron chi connectivity index (χ1n) is 6.91. The van der Waals surface area contributed by atoms with Crippen LogP contribution >= 0.6 is 11.6 Å². The molecule has 1 aliphatic rings. The Bertz CT molecular complexity index is 696. The molecule has 0 radical (unpaired) electrons. The van der Waals surface area contributed by atoms with Gasteiger partial charge in [0.05, 0.1) is 0 Å². The largest absolute Gasteiger partial charge is 0.371 e. The molecule has 1 unspecified atom stereocenters. The topological polar surface area (TPSA) is 55.1 Å². The van der Waals surface area contributed by atoms with Gasteiger partial charge in [-0.25, -0.2) is 0 Å². The van der Waals surface area contributed by atoms with Crippen molar-refractivity contribution in [1.29, 1.82) is 0 Å². The van der Waals surface area contributed by atoms with Gasteiger partial charge in [0.25, 0.3) is 0 Å². The summed E-state index contributed by atoms with van der Waals surface area (Å²) < 4.78 is 0. The van der Waals surface area contributed by atoms with Crippen LogP contribution in [-0.4, -0.2) is 11.4 Å². The quantitative estimate of drug-likeness (QED) is 0.915. The summed E-state index contributed by atoms with van der Waals surface area (Å²) in [6, 6.07) is 13.7. The first-order valence-corrected chi connectivity index (χ1v) is 7.28. The lowest BCUT2D eigenvalue weighted by Gasteiger charge is -2.28. The molecule has 21 heavy (non-hydrogen) atoms. The van der Waals surface area contributed by atoms with Crippen LogP contribution < -0.4 is 11.1 Å². The summed E-state index contributed by atoms with van der Waals surface area (Å²) in [4.78, 5) is 12.1. The average molecular weight is 301 g/mol. The van der Waals surface area contributed by atoms with E-state index in [1.807, 2.05) is 49.4 Å². The monoisotopic (exact) mass is 300 g/mol. The number of anilines is 1. The molecule has 3 rings (SSSR count). The van der Waals surface area contributed by atoms with Crippen molar-refractivity contribution in [3.8, 4) is 0 Å². The molecule has 4 heteroatoms. The number of amides is 1. The van der Waals surface area contributed by atoms with Gasteiger partial charge < -0.3 is 11.1 Å². The molecule has 0 bridgehead atoms. The predicted octanol–water partition coefficient (Wildman–Crippen LogP) is 3.08. The second kappa shape index (κ2) is 5.08. The van der Waals surface area contributed by atoms with Gasteiger partial charge in [-0.15, -0.1) is 0 Å². The van der Waals surface area contributed by atoms with Gasteiger partial charge in [-0.05, 0) is 42.3 Å². The van der Waals surface area contributed by atoms with Gasteiger partial charge in [0.2, 0.25) is 5.91 Å². The molecule has 0 heterocycles. The number of hydrogen-bond donors (Lipinski definition) is 2. The SMILES string of the molecule is Cc1ccc(NC2(C(N)=O)Cc3ccc(Cl)cc3C2)cc1. The normalized spacial score (nSPS) is 20.1. The van der Waals surface area contributed by atoms with E-state index >= 15 is 0 Å². The zero-order chi connectivity index (χ0) is 15.0. The molecular formula is C17H17ClN2O. The van der Waals surface area contributed by atoms with E-state index < -0.39 is 5.54 Å². The number of fused-ring (bicyclic) bond motifs is 1. The number of rotatable bonds is 3. The van der Waals surface area contributed by atoms with Crippen molar-refractivity contribution in [2.45, 2.75) is 25.3 Å². The zero-order valence-corrected chi connectivity index (χ0v) is 12.6. The molecule has 108 valence electrons. The van der Waals surface area contributed by atoms with E-state index in [2.05, 4.69) is 5.32 Å². The van der Waals surface area contributed by atoms with Crippen LogP contribution in [0.2, 0.25) is 5.02 Å². The number of nitrogens with one attached hydrogen (secondary N) is 1. The lowest BCUT2D eigenvalue weighted by molar-refractivity contribution is -0.122. The smallest absolute Gasteiger partial charge is 0.243 e. The Hall–Kier alpha value is -2.00. The molecule has 1 aliphatic carbocycles. The molecule has 3 N–H and O–H groups in total. The molecule has 0 spiro atoms. The minimum Gasteiger partial charge on any atom is -0.371 e. The van der Waals surface area contributed by atoms with Crippen LogP contribution in [0.25, 0.3) is 0 Å². The van der Waals surface area contributed by atoms with Crippen molar-refractivity contribution in [3.05, 3.63) is 64.2 Å². The number of primary amides is 1. The Labute approximate surface area is 129 Å². The maximum atomic E-state index is 12.1. The summed E-state index contributed by atoms with van der Waals surface area (Å²) in [6.45, 7) is 2.03. The van der Waals surface area contributed by atoms with Crippen LogP contribution in [0, 0.1) is 6.92 Å². The lowest BCUT2D eigenvalue weighted by atomic mass is 9.94. The fourth-order valence-corrected chi connectivity index (χ4v) is 3.08. The second-order valence-electron chi connectivity index (χ2n) is 5.70. The van der Waals surface area contributed by atoms with Gasteiger partial charge in [-0.1, -0.05) is 35.4 Å². The summed E-state index contributed by atoms with van der Waals surface area (Å²) >= 11 is 6.04. The van der Waals surface area contributed by atoms with Gasteiger partial charge in [-0.2, -0.15) is 0 Å². The first-order chi connectivity index (χ1) is 9.98. The highest BCUT2D eigenvalue weighted by Crippen LogP contribution is 2.34. The number of hydrogen-bond acceptors (Lipinski definition) is 2. The predicted molar refractivity (Wildman–Crippen MR) is 85.6 cm³/mol. The van der Waals surface area contributed by atoms with Crippen molar-refractivity contribution < 1.29 is 4.79 Å². The van der Waals surface area contributed by atoms with E-state index in [1.165, 1.54) is 5.56 Å². The van der Waals surface area contributed by atoms with Gasteiger partial charge in [0.15, 0.2) is 0 Å². The van der Waals surface area contributed by atoms with Crippen molar-refractivity contribution in [3.63, 3.8) is 0 Å². The van der Waals surface area contributed by atoms with Crippen LogP contribution in [0.1, 0.15) is 16.7 Å². The number of carbonyl (C=O) groups is 1. The highest BCUT2D eigenvalue weighted by atomic mass is 35.5. The number of halogens is 1. The van der Waals surface area contributed by atoms with E-state index in [0.29, 0.717) is 17.9 Å². The zero-order valence-electron chi connectivity index (χ0n) is 11.8. The van der Waals surface area contributed by atoms with E-state index in [9.17, 15) is 4.79 Å².